The van der Waals surface area contributed by atoms with Crippen LogP contribution in [0.15, 0.2) is 18.5 Å². The Bertz CT molecular complexity index is 624. The third kappa shape index (κ3) is 2.91. The smallest absolute Gasteiger partial charge is 0.239 e. The Hall–Kier alpha value is -2.31. The first-order valence-corrected chi connectivity index (χ1v) is 7.14. The van der Waals surface area contributed by atoms with Crippen LogP contribution >= 0.6 is 0 Å². The molecule has 0 unspecified atom stereocenters. The SMILES string of the molecule is CC(C)COc1nc(N2CCn3cnnc3C2)ccc1N. The minimum absolute atomic E-state index is 0.434. The van der Waals surface area contributed by atoms with Gasteiger partial charge in [-0.05, 0) is 18.1 Å². The number of nitrogens with two attached hydrogens (primary N) is 1. The second-order valence-electron chi connectivity index (χ2n) is 5.63. The highest BCUT2D eigenvalue weighted by atomic mass is 16.5. The van der Waals surface area contributed by atoms with Gasteiger partial charge in [0.25, 0.3) is 0 Å². The highest BCUT2D eigenvalue weighted by molar-refractivity contribution is 5.54. The fourth-order valence-corrected chi connectivity index (χ4v) is 2.24. The average molecular weight is 288 g/mol. The lowest BCUT2D eigenvalue weighted by molar-refractivity contribution is 0.263. The van der Waals surface area contributed by atoms with E-state index in [-0.39, 0.29) is 0 Å². The van der Waals surface area contributed by atoms with E-state index in [9.17, 15) is 0 Å². The van der Waals surface area contributed by atoms with Crippen molar-refractivity contribution < 1.29 is 4.74 Å². The summed E-state index contributed by atoms with van der Waals surface area (Å²) in [6, 6.07) is 3.76. The van der Waals surface area contributed by atoms with Gasteiger partial charge >= 0.3 is 0 Å². The molecule has 0 bridgehead atoms. The molecule has 7 heteroatoms. The van der Waals surface area contributed by atoms with Crippen molar-refractivity contribution in [2.24, 2.45) is 5.92 Å². The third-order valence-electron chi connectivity index (χ3n) is 3.39. The van der Waals surface area contributed by atoms with Crippen molar-refractivity contribution in [3.8, 4) is 5.88 Å². The van der Waals surface area contributed by atoms with Crippen molar-refractivity contribution in [2.75, 3.05) is 23.8 Å². The van der Waals surface area contributed by atoms with E-state index in [0.29, 0.717) is 30.6 Å². The zero-order valence-corrected chi connectivity index (χ0v) is 12.4. The summed E-state index contributed by atoms with van der Waals surface area (Å²) in [6.45, 7) is 7.21. The fraction of sp³-hybridized carbons (Fsp3) is 0.500. The summed E-state index contributed by atoms with van der Waals surface area (Å²) in [5.41, 5.74) is 6.50. The molecule has 1 aliphatic rings. The van der Waals surface area contributed by atoms with Crippen molar-refractivity contribution in [3.05, 3.63) is 24.3 Å². The first-order chi connectivity index (χ1) is 10.1. The molecule has 0 radical (unpaired) electrons. The number of nitrogen functional groups attached to an aromatic ring is 1. The Labute approximate surface area is 123 Å². The minimum Gasteiger partial charge on any atom is -0.476 e. The molecule has 112 valence electrons. The number of fused-ring (bicyclic) bond motifs is 1. The van der Waals surface area contributed by atoms with Crippen LogP contribution in [-0.2, 0) is 13.1 Å². The molecule has 0 saturated carbocycles. The Morgan fingerprint density at radius 1 is 1.33 bits per heavy atom. The number of rotatable bonds is 4. The van der Waals surface area contributed by atoms with Gasteiger partial charge < -0.3 is 19.9 Å². The van der Waals surface area contributed by atoms with E-state index in [1.54, 1.807) is 6.33 Å². The molecule has 2 N–H and O–H groups in total. The highest BCUT2D eigenvalue weighted by Crippen LogP contribution is 2.25. The lowest BCUT2D eigenvalue weighted by Gasteiger charge is -2.28. The van der Waals surface area contributed by atoms with Gasteiger partial charge in [0.05, 0.1) is 18.8 Å². The molecule has 1 aliphatic heterocycles. The zero-order chi connectivity index (χ0) is 14.8. The van der Waals surface area contributed by atoms with E-state index in [0.717, 1.165) is 24.7 Å². The van der Waals surface area contributed by atoms with Gasteiger partial charge in [0.15, 0.2) is 5.82 Å². The third-order valence-corrected chi connectivity index (χ3v) is 3.39. The number of anilines is 2. The molecular weight excluding hydrogens is 268 g/mol. The number of pyridine rings is 1. The number of ether oxygens (including phenoxy) is 1. The van der Waals surface area contributed by atoms with Gasteiger partial charge in [-0.1, -0.05) is 13.8 Å². The van der Waals surface area contributed by atoms with Crippen LogP contribution in [0.25, 0.3) is 0 Å². The Morgan fingerprint density at radius 3 is 3.00 bits per heavy atom. The van der Waals surface area contributed by atoms with E-state index < -0.39 is 0 Å². The van der Waals surface area contributed by atoms with Crippen molar-refractivity contribution in [1.82, 2.24) is 19.7 Å². The fourth-order valence-electron chi connectivity index (χ4n) is 2.24. The zero-order valence-electron chi connectivity index (χ0n) is 12.4. The normalized spacial score (nSPS) is 14.3. The van der Waals surface area contributed by atoms with Crippen LogP contribution in [0.1, 0.15) is 19.7 Å². The van der Waals surface area contributed by atoms with E-state index >= 15 is 0 Å². The van der Waals surface area contributed by atoms with Crippen molar-refractivity contribution in [1.29, 1.82) is 0 Å². The molecular formula is C14H20N6O. The van der Waals surface area contributed by atoms with Gasteiger partial charge in [0.1, 0.15) is 12.1 Å². The van der Waals surface area contributed by atoms with Crippen LogP contribution in [0.3, 0.4) is 0 Å². The quantitative estimate of drug-likeness (QED) is 0.913. The van der Waals surface area contributed by atoms with E-state index in [4.69, 9.17) is 10.5 Å². The maximum absolute atomic E-state index is 5.93. The molecule has 0 saturated heterocycles. The van der Waals surface area contributed by atoms with Crippen LogP contribution in [0.2, 0.25) is 0 Å². The summed E-state index contributed by atoms with van der Waals surface area (Å²) < 4.78 is 7.75. The molecule has 21 heavy (non-hydrogen) atoms. The molecule has 0 aromatic carbocycles. The molecule has 2 aromatic rings. The van der Waals surface area contributed by atoms with E-state index in [1.807, 2.05) is 12.1 Å². The van der Waals surface area contributed by atoms with Gasteiger partial charge in [0.2, 0.25) is 5.88 Å². The number of nitrogens with zero attached hydrogens (tertiary/aromatic N) is 5. The molecule has 0 aliphatic carbocycles. The van der Waals surface area contributed by atoms with Crippen molar-refractivity contribution in [2.45, 2.75) is 26.9 Å². The molecule has 0 amide bonds. The number of aromatic nitrogens is 4. The molecule has 2 aromatic heterocycles. The predicted molar refractivity (Wildman–Crippen MR) is 80.1 cm³/mol. The molecule has 0 spiro atoms. The van der Waals surface area contributed by atoms with Crippen LogP contribution in [0, 0.1) is 5.92 Å². The van der Waals surface area contributed by atoms with Gasteiger partial charge in [-0.15, -0.1) is 10.2 Å². The van der Waals surface area contributed by atoms with Crippen molar-refractivity contribution in [3.63, 3.8) is 0 Å². The molecule has 3 heterocycles. The highest BCUT2D eigenvalue weighted by Gasteiger charge is 2.19. The largest absolute Gasteiger partial charge is 0.476 e. The number of hydrogen-bond acceptors (Lipinski definition) is 6. The topological polar surface area (TPSA) is 82.1 Å². The predicted octanol–water partition coefficient (Wildman–Crippen LogP) is 1.31. The van der Waals surface area contributed by atoms with Gasteiger partial charge in [-0.25, -0.2) is 0 Å². The standard InChI is InChI=1S/C14H20N6O/c1-10(2)8-21-14-11(15)3-4-12(17-14)19-5-6-20-9-16-18-13(20)7-19/h3-4,9-10H,5-8,15H2,1-2H3. The van der Waals surface area contributed by atoms with E-state index in [2.05, 4.69) is 38.5 Å². The molecule has 7 nitrogen and oxygen atoms in total. The summed E-state index contributed by atoms with van der Waals surface area (Å²) in [4.78, 5) is 6.70. The maximum Gasteiger partial charge on any atom is 0.239 e. The first-order valence-electron chi connectivity index (χ1n) is 7.14. The van der Waals surface area contributed by atoms with E-state index in [1.165, 1.54) is 0 Å². The molecule has 3 rings (SSSR count). The second-order valence-corrected chi connectivity index (χ2v) is 5.63. The minimum atomic E-state index is 0.434. The summed E-state index contributed by atoms with van der Waals surface area (Å²) in [7, 11) is 0. The lowest BCUT2D eigenvalue weighted by Crippen LogP contribution is -2.34. The van der Waals surface area contributed by atoms with Gasteiger partial charge in [-0.3, -0.25) is 0 Å². The molecule has 0 fully saturated rings. The summed E-state index contributed by atoms with van der Waals surface area (Å²) in [6.07, 6.45) is 1.76. The van der Waals surface area contributed by atoms with Gasteiger partial charge in [0, 0.05) is 13.1 Å². The Kier molecular flexibility index (Phi) is 3.64. The Morgan fingerprint density at radius 2 is 2.19 bits per heavy atom. The van der Waals surface area contributed by atoms with Gasteiger partial charge in [-0.2, -0.15) is 4.98 Å². The first kappa shape index (κ1) is 13.7. The summed E-state index contributed by atoms with van der Waals surface area (Å²) >= 11 is 0. The van der Waals surface area contributed by atoms with Crippen LogP contribution in [-0.4, -0.2) is 32.9 Å². The van der Waals surface area contributed by atoms with Crippen LogP contribution in [0.4, 0.5) is 11.5 Å². The van der Waals surface area contributed by atoms with Crippen molar-refractivity contribution >= 4 is 11.5 Å². The second kappa shape index (κ2) is 5.59. The summed E-state index contributed by atoms with van der Waals surface area (Å²) in [5, 5.41) is 8.05. The van der Waals surface area contributed by atoms with Crippen LogP contribution < -0.4 is 15.4 Å². The Balaban J connectivity index is 1.78. The lowest BCUT2D eigenvalue weighted by atomic mass is 10.2. The summed E-state index contributed by atoms with van der Waals surface area (Å²) in [5.74, 6) is 2.75. The number of hydrogen-bond donors (Lipinski definition) is 1. The average Bonchev–Trinajstić information content (AvgIpc) is 2.93. The monoisotopic (exact) mass is 288 g/mol. The molecule has 0 atom stereocenters. The maximum atomic E-state index is 5.93. The van der Waals surface area contributed by atoms with Crippen LogP contribution in [0.5, 0.6) is 5.88 Å².